The fourth-order valence-corrected chi connectivity index (χ4v) is 2.72. The van der Waals surface area contributed by atoms with Crippen molar-refractivity contribution in [2.75, 3.05) is 6.54 Å². The third kappa shape index (κ3) is 7.12. The summed E-state index contributed by atoms with van der Waals surface area (Å²) in [6, 6.07) is 20.8. The van der Waals surface area contributed by atoms with E-state index in [-0.39, 0.29) is 23.2 Å². The van der Waals surface area contributed by atoms with E-state index < -0.39 is 0 Å². The van der Waals surface area contributed by atoms with Gasteiger partial charge in [0.2, 0.25) is 0 Å². The van der Waals surface area contributed by atoms with Crippen molar-refractivity contribution in [3.05, 3.63) is 84.4 Å². The number of aliphatic hydroxyl groups is 1. The Labute approximate surface area is 150 Å². The SMILES string of the molecule is C=CC[NH+](Cc1ccccc1)C(O)CCCc1ccccc1.[Br-]. The fourth-order valence-electron chi connectivity index (χ4n) is 2.72. The molecular weight excluding hydrogens is 350 g/mol. The fraction of sp³-hybridized carbons (Fsp3) is 0.300. The molecule has 2 nitrogen and oxygen atoms in total. The van der Waals surface area contributed by atoms with Gasteiger partial charge in [-0.1, -0.05) is 67.2 Å². The van der Waals surface area contributed by atoms with Gasteiger partial charge >= 0.3 is 0 Å². The van der Waals surface area contributed by atoms with Crippen LogP contribution in [0.5, 0.6) is 0 Å². The highest BCUT2D eigenvalue weighted by Gasteiger charge is 2.18. The van der Waals surface area contributed by atoms with Gasteiger partial charge in [-0.3, -0.25) is 0 Å². The highest BCUT2D eigenvalue weighted by atomic mass is 79.9. The normalized spacial score (nSPS) is 12.9. The molecule has 0 aliphatic heterocycles. The van der Waals surface area contributed by atoms with Gasteiger partial charge in [-0.15, -0.1) is 0 Å². The first-order valence-electron chi connectivity index (χ1n) is 8.01. The molecule has 2 aromatic rings. The number of benzene rings is 2. The van der Waals surface area contributed by atoms with Gasteiger partial charge in [0.25, 0.3) is 0 Å². The third-order valence-corrected chi connectivity index (χ3v) is 3.94. The first-order chi connectivity index (χ1) is 10.8. The Kier molecular flexibility index (Phi) is 9.53. The van der Waals surface area contributed by atoms with Gasteiger partial charge in [-0.25, -0.2) is 0 Å². The molecule has 0 spiro atoms. The molecule has 2 N–H and O–H groups in total. The number of hydrogen-bond acceptors (Lipinski definition) is 1. The van der Waals surface area contributed by atoms with Gasteiger partial charge < -0.3 is 27.0 Å². The van der Waals surface area contributed by atoms with Crippen LogP contribution in [0.2, 0.25) is 0 Å². The zero-order valence-corrected chi connectivity index (χ0v) is 15.1. The van der Waals surface area contributed by atoms with E-state index in [1.165, 1.54) is 11.1 Å². The van der Waals surface area contributed by atoms with Crippen molar-refractivity contribution in [3.8, 4) is 0 Å². The van der Waals surface area contributed by atoms with E-state index >= 15 is 0 Å². The van der Waals surface area contributed by atoms with Gasteiger partial charge in [-0.2, -0.15) is 0 Å². The molecule has 2 aromatic carbocycles. The quantitative estimate of drug-likeness (QED) is 0.452. The molecule has 0 heterocycles. The Balaban J connectivity index is 0.00000264. The van der Waals surface area contributed by atoms with Crippen LogP contribution in [0.3, 0.4) is 0 Å². The van der Waals surface area contributed by atoms with Crippen molar-refractivity contribution in [1.29, 1.82) is 0 Å². The molecule has 0 fully saturated rings. The van der Waals surface area contributed by atoms with Crippen molar-refractivity contribution < 1.29 is 27.0 Å². The molecule has 0 aliphatic carbocycles. The molecule has 0 radical (unpaired) electrons. The van der Waals surface area contributed by atoms with Crippen LogP contribution in [0, 0.1) is 0 Å². The van der Waals surface area contributed by atoms with Gasteiger partial charge in [0.05, 0.1) is 6.54 Å². The van der Waals surface area contributed by atoms with E-state index in [1.807, 2.05) is 30.3 Å². The molecule has 0 bridgehead atoms. The second kappa shape index (κ2) is 11.2. The summed E-state index contributed by atoms with van der Waals surface area (Å²) in [5.74, 6) is 0. The van der Waals surface area contributed by atoms with Crippen molar-refractivity contribution in [3.63, 3.8) is 0 Å². The Morgan fingerprint density at radius 1 is 0.957 bits per heavy atom. The maximum atomic E-state index is 10.5. The second-order valence-corrected chi connectivity index (χ2v) is 5.71. The van der Waals surface area contributed by atoms with Gasteiger partial charge in [0.1, 0.15) is 6.54 Å². The average Bonchev–Trinajstić information content (AvgIpc) is 2.56. The number of aliphatic hydroxyl groups excluding tert-OH is 1. The largest absolute Gasteiger partial charge is 1.00 e. The summed E-state index contributed by atoms with van der Waals surface area (Å²) in [6.07, 6.45) is 4.37. The van der Waals surface area contributed by atoms with Crippen molar-refractivity contribution in [2.24, 2.45) is 0 Å². The molecule has 0 amide bonds. The molecule has 23 heavy (non-hydrogen) atoms. The molecule has 0 saturated heterocycles. The molecule has 2 atom stereocenters. The number of nitrogens with one attached hydrogen (secondary N) is 1. The van der Waals surface area contributed by atoms with Crippen LogP contribution in [0.15, 0.2) is 73.3 Å². The zero-order valence-electron chi connectivity index (χ0n) is 13.5. The smallest absolute Gasteiger partial charge is 0.189 e. The van der Waals surface area contributed by atoms with Crippen LogP contribution in [-0.4, -0.2) is 17.9 Å². The van der Waals surface area contributed by atoms with E-state index in [4.69, 9.17) is 0 Å². The van der Waals surface area contributed by atoms with E-state index in [0.29, 0.717) is 0 Å². The zero-order chi connectivity index (χ0) is 15.6. The van der Waals surface area contributed by atoms with E-state index in [2.05, 4.69) is 43.0 Å². The van der Waals surface area contributed by atoms with E-state index in [9.17, 15) is 5.11 Å². The van der Waals surface area contributed by atoms with Crippen LogP contribution in [0.4, 0.5) is 0 Å². The molecule has 3 heteroatoms. The molecule has 124 valence electrons. The lowest BCUT2D eigenvalue weighted by molar-refractivity contribution is -0.955. The maximum Gasteiger partial charge on any atom is 0.189 e. The number of hydrogen-bond donors (Lipinski definition) is 2. The molecular formula is C20H26BrNO. The third-order valence-electron chi connectivity index (χ3n) is 3.94. The monoisotopic (exact) mass is 375 g/mol. The summed E-state index contributed by atoms with van der Waals surface area (Å²) in [4.78, 5) is 1.16. The van der Waals surface area contributed by atoms with Gasteiger partial charge in [0, 0.05) is 12.0 Å². The predicted molar refractivity (Wildman–Crippen MR) is 91.6 cm³/mol. The van der Waals surface area contributed by atoms with E-state index in [1.54, 1.807) is 0 Å². The minimum Gasteiger partial charge on any atom is -1.00 e. The maximum absolute atomic E-state index is 10.5. The molecule has 0 saturated carbocycles. The number of aryl methyl sites for hydroxylation is 1. The van der Waals surface area contributed by atoms with Crippen molar-refractivity contribution in [1.82, 2.24) is 0 Å². The van der Waals surface area contributed by atoms with Crippen LogP contribution in [-0.2, 0) is 13.0 Å². The topological polar surface area (TPSA) is 24.7 Å². The number of rotatable bonds is 9. The standard InChI is InChI=1S/C20H25NO.BrH/c1-2-16-21(17-19-12-7-4-8-13-19)20(22)15-9-14-18-10-5-3-6-11-18;/h2-8,10-13,20,22H,1,9,14-17H2;1H. The summed E-state index contributed by atoms with van der Waals surface area (Å²) in [5.41, 5.74) is 2.59. The summed E-state index contributed by atoms with van der Waals surface area (Å²) < 4.78 is 0. The van der Waals surface area contributed by atoms with Crippen LogP contribution in [0.1, 0.15) is 24.0 Å². The van der Waals surface area contributed by atoms with Gasteiger partial charge in [-0.05, 0) is 24.5 Å². The lowest BCUT2D eigenvalue weighted by Gasteiger charge is -2.23. The minimum atomic E-state index is -0.345. The summed E-state index contributed by atoms with van der Waals surface area (Å²) in [6.45, 7) is 5.43. The second-order valence-electron chi connectivity index (χ2n) is 5.71. The van der Waals surface area contributed by atoms with Crippen LogP contribution in [0.25, 0.3) is 0 Å². The average molecular weight is 376 g/mol. The van der Waals surface area contributed by atoms with E-state index in [0.717, 1.165) is 37.3 Å². The van der Waals surface area contributed by atoms with Gasteiger partial charge in [0.15, 0.2) is 6.23 Å². The van der Waals surface area contributed by atoms with Crippen LogP contribution >= 0.6 is 0 Å². The van der Waals surface area contributed by atoms with Crippen molar-refractivity contribution in [2.45, 2.75) is 32.0 Å². The highest BCUT2D eigenvalue weighted by molar-refractivity contribution is 5.14. The number of halogens is 1. The molecule has 0 aromatic heterocycles. The minimum absolute atomic E-state index is 0. The lowest BCUT2D eigenvalue weighted by Crippen LogP contribution is -3.14. The lowest BCUT2D eigenvalue weighted by atomic mass is 10.1. The first kappa shape index (κ1) is 19.6. The number of quaternary nitrogens is 1. The van der Waals surface area contributed by atoms with Crippen molar-refractivity contribution >= 4 is 0 Å². The Bertz CT molecular complexity index is 544. The highest BCUT2D eigenvalue weighted by Crippen LogP contribution is 2.05. The Hall–Kier alpha value is -1.42. The van der Waals surface area contributed by atoms with Crippen LogP contribution < -0.4 is 21.9 Å². The molecule has 0 aliphatic rings. The molecule has 2 rings (SSSR count). The first-order valence-corrected chi connectivity index (χ1v) is 8.01. The summed E-state index contributed by atoms with van der Waals surface area (Å²) in [7, 11) is 0. The predicted octanol–water partition coefficient (Wildman–Crippen LogP) is -0.397. The Morgan fingerprint density at radius 3 is 2.09 bits per heavy atom. The Morgan fingerprint density at radius 2 is 1.52 bits per heavy atom. The summed E-state index contributed by atoms with van der Waals surface area (Å²) in [5, 5.41) is 10.5. The molecule has 2 unspecified atom stereocenters. The summed E-state index contributed by atoms with van der Waals surface area (Å²) >= 11 is 0.